The Balaban J connectivity index is 2.29. The third-order valence-corrected chi connectivity index (χ3v) is 3.92. The first-order valence-corrected chi connectivity index (χ1v) is 7.13. The van der Waals surface area contributed by atoms with E-state index in [1.54, 1.807) is 0 Å². The zero-order valence-corrected chi connectivity index (χ0v) is 11.9. The van der Waals surface area contributed by atoms with Gasteiger partial charge in [0.2, 0.25) is 5.78 Å². The molecule has 1 nitrogen and oxygen atoms in total. The molecule has 0 saturated carbocycles. The van der Waals surface area contributed by atoms with Gasteiger partial charge in [0.05, 0.1) is 4.88 Å². The summed E-state index contributed by atoms with van der Waals surface area (Å²) in [4.78, 5) is 13.2. The number of benzene rings is 1. The standard InChI is InChI=1S/C16H18OS/c1-11(2)9-13-5-4-6-14(10-13)15(17)16-12(3)7-8-18-16/h4-8,10-11H,9H2,1-3H3. The van der Waals surface area contributed by atoms with Crippen LogP contribution < -0.4 is 0 Å². The molecule has 0 spiro atoms. The van der Waals surface area contributed by atoms with Crippen LogP contribution in [0.4, 0.5) is 0 Å². The Labute approximate surface area is 112 Å². The molecule has 0 saturated heterocycles. The fraction of sp³-hybridized carbons (Fsp3) is 0.312. The largest absolute Gasteiger partial charge is 0.288 e. The average Bonchev–Trinajstić information content (AvgIpc) is 2.74. The molecule has 1 aromatic carbocycles. The monoisotopic (exact) mass is 258 g/mol. The first kappa shape index (κ1) is 13.0. The molecule has 0 radical (unpaired) electrons. The second kappa shape index (κ2) is 5.49. The molecule has 2 rings (SSSR count). The highest BCUT2D eigenvalue weighted by molar-refractivity contribution is 7.12. The van der Waals surface area contributed by atoms with Crippen molar-refractivity contribution >= 4 is 17.1 Å². The Hall–Kier alpha value is -1.41. The number of thiophene rings is 1. The number of carbonyl (C=O) groups excluding carboxylic acids is 1. The molecule has 0 bridgehead atoms. The SMILES string of the molecule is Cc1ccsc1C(=O)c1cccc(CC(C)C)c1. The summed E-state index contributed by atoms with van der Waals surface area (Å²) in [6.07, 6.45) is 1.02. The lowest BCUT2D eigenvalue weighted by molar-refractivity contribution is 0.104. The molecule has 0 aliphatic rings. The van der Waals surface area contributed by atoms with Crippen molar-refractivity contribution in [3.05, 3.63) is 57.3 Å². The number of aryl methyl sites for hydroxylation is 1. The molecule has 0 aliphatic heterocycles. The van der Waals surface area contributed by atoms with Crippen LogP contribution in [-0.4, -0.2) is 5.78 Å². The van der Waals surface area contributed by atoms with Crippen LogP contribution in [0.3, 0.4) is 0 Å². The van der Waals surface area contributed by atoms with Gasteiger partial charge in [0.25, 0.3) is 0 Å². The van der Waals surface area contributed by atoms with E-state index < -0.39 is 0 Å². The molecule has 0 aliphatic carbocycles. The number of ketones is 1. The normalized spacial score (nSPS) is 10.9. The highest BCUT2D eigenvalue weighted by Crippen LogP contribution is 2.21. The number of rotatable bonds is 4. The molecule has 0 atom stereocenters. The molecule has 2 aromatic rings. The Kier molecular flexibility index (Phi) is 3.97. The molecular weight excluding hydrogens is 240 g/mol. The van der Waals surface area contributed by atoms with Gasteiger partial charge < -0.3 is 0 Å². The second-order valence-electron chi connectivity index (χ2n) is 5.06. The van der Waals surface area contributed by atoms with Crippen molar-refractivity contribution in [1.82, 2.24) is 0 Å². The Morgan fingerprint density at radius 3 is 2.67 bits per heavy atom. The second-order valence-corrected chi connectivity index (χ2v) is 5.98. The van der Waals surface area contributed by atoms with Crippen LogP contribution in [0.5, 0.6) is 0 Å². The van der Waals surface area contributed by atoms with Gasteiger partial charge in [0, 0.05) is 5.56 Å². The quantitative estimate of drug-likeness (QED) is 0.739. The summed E-state index contributed by atoms with van der Waals surface area (Å²) in [5.74, 6) is 0.756. The zero-order valence-electron chi connectivity index (χ0n) is 11.1. The van der Waals surface area contributed by atoms with Crippen LogP contribution in [0.2, 0.25) is 0 Å². The van der Waals surface area contributed by atoms with Gasteiger partial charge in [-0.1, -0.05) is 32.0 Å². The van der Waals surface area contributed by atoms with Crippen LogP contribution in [0.25, 0.3) is 0 Å². The molecule has 94 valence electrons. The lowest BCUT2D eigenvalue weighted by Crippen LogP contribution is -2.02. The van der Waals surface area contributed by atoms with Gasteiger partial charge in [-0.15, -0.1) is 11.3 Å². The fourth-order valence-corrected chi connectivity index (χ4v) is 2.93. The predicted octanol–water partition coefficient (Wildman–Crippen LogP) is 4.49. The minimum atomic E-state index is 0.146. The van der Waals surface area contributed by atoms with Crippen molar-refractivity contribution in [1.29, 1.82) is 0 Å². The molecular formula is C16H18OS. The summed E-state index contributed by atoms with van der Waals surface area (Å²) in [6, 6.07) is 10.0. The van der Waals surface area contributed by atoms with E-state index in [1.807, 2.05) is 36.6 Å². The molecule has 0 unspecified atom stereocenters. The lowest BCUT2D eigenvalue weighted by Gasteiger charge is -2.07. The summed E-state index contributed by atoms with van der Waals surface area (Å²) in [5.41, 5.74) is 3.11. The average molecular weight is 258 g/mol. The third-order valence-electron chi connectivity index (χ3n) is 2.90. The molecule has 0 N–H and O–H groups in total. The number of hydrogen-bond donors (Lipinski definition) is 0. The molecule has 1 heterocycles. The van der Waals surface area contributed by atoms with E-state index in [2.05, 4.69) is 19.9 Å². The van der Waals surface area contributed by atoms with Gasteiger partial charge in [-0.2, -0.15) is 0 Å². The van der Waals surface area contributed by atoms with E-state index in [4.69, 9.17) is 0 Å². The zero-order chi connectivity index (χ0) is 13.1. The summed E-state index contributed by atoms with van der Waals surface area (Å²) in [7, 11) is 0. The lowest BCUT2D eigenvalue weighted by atomic mass is 9.99. The van der Waals surface area contributed by atoms with E-state index in [0.29, 0.717) is 5.92 Å². The maximum atomic E-state index is 12.4. The van der Waals surface area contributed by atoms with Gasteiger partial charge in [-0.05, 0) is 47.9 Å². The summed E-state index contributed by atoms with van der Waals surface area (Å²) < 4.78 is 0. The minimum absolute atomic E-state index is 0.146. The van der Waals surface area contributed by atoms with Gasteiger partial charge in [-0.3, -0.25) is 4.79 Å². The Morgan fingerprint density at radius 1 is 1.28 bits per heavy atom. The maximum absolute atomic E-state index is 12.4. The highest BCUT2D eigenvalue weighted by atomic mass is 32.1. The molecule has 2 heteroatoms. The van der Waals surface area contributed by atoms with Crippen LogP contribution >= 0.6 is 11.3 Å². The van der Waals surface area contributed by atoms with E-state index in [1.165, 1.54) is 16.9 Å². The maximum Gasteiger partial charge on any atom is 0.203 e. The van der Waals surface area contributed by atoms with Crippen molar-refractivity contribution in [2.75, 3.05) is 0 Å². The van der Waals surface area contributed by atoms with E-state index in [0.717, 1.165) is 22.4 Å². The van der Waals surface area contributed by atoms with Crippen molar-refractivity contribution in [2.24, 2.45) is 5.92 Å². The van der Waals surface area contributed by atoms with E-state index in [9.17, 15) is 4.79 Å². The van der Waals surface area contributed by atoms with Crippen LogP contribution in [0.15, 0.2) is 35.7 Å². The summed E-state index contributed by atoms with van der Waals surface area (Å²) in [5, 5.41) is 1.97. The molecule has 1 aromatic heterocycles. The van der Waals surface area contributed by atoms with Crippen molar-refractivity contribution in [3.8, 4) is 0 Å². The smallest absolute Gasteiger partial charge is 0.203 e. The first-order chi connectivity index (χ1) is 8.58. The van der Waals surface area contributed by atoms with Crippen LogP contribution in [0, 0.1) is 12.8 Å². The van der Waals surface area contributed by atoms with Crippen LogP contribution in [0.1, 0.15) is 40.2 Å². The Bertz CT molecular complexity index is 552. The van der Waals surface area contributed by atoms with E-state index in [-0.39, 0.29) is 5.78 Å². The van der Waals surface area contributed by atoms with Gasteiger partial charge in [0.1, 0.15) is 0 Å². The fourth-order valence-electron chi connectivity index (χ4n) is 2.05. The Morgan fingerprint density at radius 2 is 2.06 bits per heavy atom. The van der Waals surface area contributed by atoms with Gasteiger partial charge >= 0.3 is 0 Å². The third kappa shape index (κ3) is 2.88. The van der Waals surface area contributed by atoms with Gasteiger partial charge in [0.15, 0.2) is 0 Å². The summed E-state index contributed by atoms with van der Waals surface area (Å²) >= 11 is 1.52. The molecule has 0 fully saturated rings. The van der Waals surface area contributed by atoms with Crippen molar-refractivity contribution in [3.63, 3.8) is 0 Å². The van der Waals surface area contributed by atoms with Gasteiger partial charge in [-0.25, -0.2) is 0 Å². The number of carbonyl (C=O) groups is 1. The first-order valence-electron chi connectivity index (χ1n) is 6.25. The molecule has 0 amide bonds. The minimum Gasteiger partial charge on any atom is -0.288 e. The molecule has 18 heavy (non-hydrogen) atoms. The highest BCUT2D eigenvalue weighted by Gasteiger charge is 2.13. The van der Waals surface area contributed by atoms with Crippen LogP contribution in [-0.2, 0) is 6.42 Å². The summed E-state index contributed by atoms with van der Waals surface area (Å²) in [6.45, 7) is 6.37. The van der Waals surface area contributed by atoms with E-state index >= 15 is 0 Å². The van der Waals surface area contributed by atoms with Crippen molar-refractivity contribution < 1.29 is 4.79 Å². The topological polar surface area (TPSA) is 17.1 Å². The predicted molar refractivity (Wildman–Crippen MR) is 77.5 cm³/mol. The van der Waals surface area contributed by atoms with Crippen molar-refractivity contribution in [2.45, 2.75) is 27.2 Å². The number of hydrogen-bond acceptors (Lipinski definition) is 2.